The third kappa shape index (κ3) is 6.61. The molecule has 22 rings (SSSR count). The molecule has 0 heterocycles. The molecule has 2 spiro atoms. The van der Waals surface area contributed by atoms with Gasteiger partial charge in [0.05, 0.1) is 10.8 Å². The molecule has 0 N–H and O–H groups in total. The topological polar surface area (TPSA) is 0 Å². The van der Waals surface area contributed by atoms with Crippen LogP contribution in [0.5, 0.6) is 0 Å². The molecule has 0 amide bonds. The van der Waals surface area contributed by atoms with Gasteiger partial charge < -0.3 is 0 Å². The van der Waals surface area contributed by atoms with Gasteiger partial charge in [0, 0.05) is 0 Å². The van der Waals surface area contributed by atoms with Crippen molar-refractivity contribution in [2.24, 2.45) is 0 Å². The van der Waals surface area contributed by atoms with Gasteiger partial charge in [-0.25, -0.2) is 0 Å². The zero-order chi connectivity index (χ0) is 61.4. The van der Waals surface area contributed by atoms with Gasteiger partial charge >= 0.3 is 0 Å². The van der Waals surface area contributed by atoms with Gasteiger partial charge in [-0.2, -0.15) is 0 Å². The largest absolute Gasteiger partial charge is 0.0725 e. The van der Waals surface area contributed by atoms with E-state index in [9.17, 15) is 0 Å². The quantitative estimate of drug-likeness (QED) is 0.165. The van der Waals surface area contributed by atoms with Crippen molar-refractivity contribution in [2.45, 2.75) is 10.8 Å². The van der Waals surface area contributed by atoms with Crippen molar-refractivity contribution in [3.63, 3.8) is 0 Å². The van der Waals surface area contributed by atoms with Gasteiger partial charge in [0.25, 0.3) is 0 Å². The Kier molecular flexibility index (Phi) is 10.6. The van der Waals surface area contributed by atoms with E-state index in [2.05, 4.69) is 340 Å². The summed E-state index contributed by atoms with van der Waals surface area (Å²) in [5.74, 6) is 0. The molecule has 0 nitrogen and oxygen atoms in total. The van der Waals surface area contributed by atoms with E-state index < -0.39 is 0 Å². The molecule has 0 aromatic heterocycles. The highest BCUT2D eigenvalue weighted by Gasteiger charge is 2.54. The molecule has 16 aromatic carbocycles. The maximum atomic E-state index is 2.59. The van der Waals surface area contributed by atoms with E-state index in [4.69, 9.17) is 0 Å². The van der Waals surface area contributed by atoms with E-state index in [1.54, 1.807) is 0 Å². The highest BCUT2D eigenvalue weighted by atomic mass is 14.6. The second-order valence-electron chi connectivity index (χ2n) is 26.2. The minimum Gasteiger partial charge on any atom is -0.0622 e. The van der Waals surface area contributed by atoms with Crippen molar-refractivity contribution < 1.29 is 0 Å². The molecule has 0 aliphatic heterocycles. The molecule has 0 heteroatoms. The highest BCUT2D eigenvalue weighted by molar-refractivity contribution is 6.26. The molecule has 16 aromatic rings. The first-order valence-electron chi connectivity index (χ1n) is 33.1. The van der Waals surface area contributed by atoms with E-state index in [-0.39, 0.29) is 10.8 Å². The minimum absolute atomic E-state index is 0.366. The third-order valence-electron chi connectivity index (χ3n) is 22.1. The molecule has 6 aliphatic rings. The fraction of sp³-hybridized carbons (Fsp3) is 0.0213. The lowest BCUT2D eigenvalue weighted by Crippen LogP contribution is -2.25. The lowest BCUT2D eigenvalue weighted by molar-refractivity contribution is 0.795. The first kappa shape index (κ1) is 51.7. The summed E-state index contributed by atoms with van der Waals surface area (Å²) in [6, 6.07) is 127. The molecule has 94 heavy (non-hydrogen) atoms. The SMILES string of the molecule is c1ccc(-c2cc3c(cc2-c2ccccc2)-c2cc4c(c5cccc-3c25)-c2ccccc2C42c3ccccc3-c3ccccc32)cc1.c1ccc(-c2ccc(-c3ccccc3)c3c2-c2cccc4c5c(cc-3c24)C2(c3ccccc3-c3ccccc32)c2ccccc2-5)cc1. The summed E-state index contributed by atoms with van der Waals surface area (Å²) in [6.45, 7) is 0. The maximum Gasteiger partial charge on any atom is 0.0725 e. The Morgan fingerprint density at radius 2 is 0.426 bits per heavy atom. The Morgan fingerprint density at radius 3 is 0.830 bits per heavy atom. The summed E-state index contributed by atoms with van der Waals surface area (Å²) < 4.78 is 0. The van der Waals surface area contributed by atoms with Crippen LogP contribution in [0, 0.1) is 0 Å². The van der Waals surface area contributed by atoms with Crippen LogP contribution >= 0.6 is 0 Å². The minimum atomic E-state index is -0.382. The molecule has 0 unspecified atom stereocenters. The van der Waals surface area contributed by atoms with Crippen LogP contribution in [0.4, 0.5) is 0 Å². The Bertz CT molecular complexity index is 5860. The molecular weight excluding hydrogens is 1130 g/mol. The van der Waals surface area contributed by atoms with Gasteiger partial charge in [-0.3, -0.25) is 0 Å². The summed E-state index contributed by atoms with van der Waals surface area (Å²) >= 11 is 0. The Morgan fingerprint density at radius 1 is 0.138 bits per heavy atom. The molecule has 0 radical (unpaired) electrons. The van der Waals surface area contributed by atoms with E-state index in [1.807, 2.05) is 0 Å². The van der Waals surface area contributed by atoms with Crippen LogP contribution in [-0.2, 0) is 10.8 Å². The summed E-state index contributed by atoms with van der Waals surface area (Å²) in [4.78, 5) is 0. The van der Waals surface area contributed by atoms with Crippen molar-refractivity contribution >= 4 is 21.5 Å². The second kappa shape index (κ2) is 19.3. The standard InChI is InChI=1S/2C47H28/c1-3-14-29(15-4-1)36-26-38-33-21-13-22-35-45(33)40(39(38)27-37(36)30-16-5-2-6-17-30)28-44-46(35)34-20-9-12-25-43(34)47(44)41-23-10-7-18-31(41)32-19-8-11-24-42(32)47;1-3-14-29(15-4-1)31-26-27-32(30-16-5-2-6-17-30)46-38-28-42-44(36-21-13-22-37(43(36)38)45(31)46)35-20-9-12-25-41(35)47(42)39-23-10-7-18-33(39)34-19-8-11-24-40(34)47/h2*1-28H. The number of hydrogen-bond acceptors (Lipinski definition) is 0. The van der Waals surface area contributed by atoms with E-state index in [0.717, 1.165) is 0 Å². The van der Waals surface area contributed by atoms with E-state index in [0.29, 0.717) is 0 Å². The third-order valence-corrected chi connectivity index (χ3v) is 22.1. The first-order chi connectivity index (χ1) is 46.7. The van der Waals surface area contributed by atoms with Crippen LogP contribution in [0.1, 0.15) is 44.5 Å². The monoisotopic (exact) mass is 1180 g/mol. The summed E-state index contributed by atoms with van der Waals surface area (Å²) in [5, 5.41) is 5.43. The van der Waals surface area contributed by atoms with Gasteiger partial charge in [0.15, 0.2) is 0 Å². The van der Waals surface area contributed by atoms with Crippen molar-refractivity contribution in [1.29, 1.82) is 0 Å². The van der Waals surface area contributed by atoms with Crippen LogP contribution in [0.25, 0.3) is 155 Å². The van der Waals surface area contributed by atoms with E-state index >= 15 is 0 Å². The molecule has 0 saturated carbocycles. The second-order valence-corrected chi connectivity index (χ2v) is 26.2. The zero-order valence-corrected chi connectivity index (χ0v) is 51.3. The lowest BCUT2D eigenvalue weighted by Gasteiger charge is -2.31. The predicted octanol–water partition coefficient (Wildman–Crippen LogP) is 24.3. The summed E-state index contributed by atoms with van der Waals surface area (Å²) in [5.41, 5.74) is 42.0. The van der Waals surface area contributed by atoms with Gasteiger partial charge in [0.1, 0.15) is 0 Å². The van der Waals surface area contributed by atoms with Crippen LogP contribution < -0.4 is 0 Å². The zero-order valence-electron chi connectivity index (χ0n) is 51.3. The van der Waals surface area contributed by atoms with Crippen LogP contribution in [0.3, 0.4) is 0 Å². The van der Waals surface area contributed by atoms with Gasteiger partial charge in [0.2, 0.25) is 0 Å². The van der Waals surface area contributed by atoms with Gasteiger partial charge in [-0.1, -0.05) is 315 Å². The first-order valence-corrected chi connectivity index (χ1v) is 33.1. The predicted molar refractivity (Wildman–Crippen MR) is 391 cm³/mol. The fourth-order valence-corrected chi connectivity index (χ4v) is 18.6. The molecule has 0 fully saturated rings. The van der Waals surface area contributed by atoms with Gasteiger partial charge in [-0.05, 0) is 224 Å². The molecule has 0 bridgehead atoms. The van der Waals surface area contributed by atoms with Crippen molar-refractivity contribution in [1.82, 2.24) is 0 Å². The number of benzene rings is 16. The van der Waals surface area contributed by atoms with Crippen LogP contribution in [0.2, 0.25) is 0 Å². The maximum absolute atomic E-state index is 2.59. The van der Waals surface area contributed by atoms with Crippen molar-refractivity contribution in [2.75, 3.05) is 0 Å². The normalized spacial score (nSPS) is 13.7. The smallest absolute Gasteiger partial charge is 0.0622 e. The number of rotatable bonds is 4. The summed E-state index contributed by atoms with van der Waals surface area (Å²) in [6.07, 6.45) is 0. The van der Waals surface area contributed by atoms with Crippen molar-refractivity contribution in [3.8, 4) is 134 Å². The molecule has 0 saturated heterocycles. The molecule has 432 valence electrons. The number of hydrogen-bond donors (Lipinski definition) is 0. The Hall–Kier alpha value is -12.0. The highest BCUT2D eigenvalue weighted by Crippen LogP contribution is 2.69. The molecular formula is C94H56. The van der Waals surface area contributed by atoms with Gasteiger partial charge in [-0.15, -0.1) is 0 Å². The average Bonchev–Trinajstić information content (AvgIpc) is 1.50. The Balaban J connectivity index is 0.000000126. The number of fused-ring (bicyclic) bond motifs is 28. The Labute approximate surface area is 546 Å². The van der Waals surface area contributed by atoms with Crippen LogP contribution in [0.15, 0.2) is 340 Å². The fourth-order valence-electron chi connectivity index (χ4n) is 18.6. The summed E-state index contributed by atoms with van der Waals surface area (Å²) in [7, 11) is 0. The van der Waals surface area contributed by atoms with E-state index in [1.165, 1.54) is 200 Å². The van der Waals surface area contributed by atoms with Crippen molar-refractivity contribution in [3.05, 3.63) is 384 Å². The molecule has 6 aliphatic carbocycles. The molecule has 0 atom stereocenters. The average molecular weight is 1190 g/mol. The lowest BCUT2D eigenvalue weighted by atomic mass is 9.70. The van der Waals surface area contributed by atoms with Crippen LogP contribution in [-0.4, -0.2) is 0 Å².